The monoisotopic (exact) mass is 698 g/mol. The summed E-state index contributed by atoms with van der Waals surface area (Å²) in [6.45, 7) is 0. The van der Waals surface area contributed by atoms with Crippen molar-refractivity contribution in [1.82, 2.24) is 0 Å². The van der Waals surface area contributed by atoms with Gasteiger partial charge in [0.2, 0.25) is 0 Å². The Balaban J connectivity index is 0. The topological polar surface area (TPSA) is 0 Å². The third kappa shape index (κ3) is 17.6. The van der Waals surface area contributed by atoms with E-state index >= 15 is 0 Å². The van der Waals surface area contributed by atoms with E-state index in [0.717, 1.165) is 0 Å². The number of hydrogen-bond donors (Lipinski definition) is 0. The van der Waals surface area contributed by atoms with Crippen LogP contribution in [0.2, 0.25) is 0 Å². The van der Waals surface area contributed by atoms with Crippen LogP contribution in [0.5, 0.6) is 0 Å². The van der Waals surface area contributed by atoms with E-state index in [1.54, 1.807) is 0 Å². The molecule has 0 bridgehead atoms. The minimum atomic E-state index is 0. The summed E-state index contributed by atoms with van der Waals surface area (Å²) in [6, 6.07) is 0. The zero-order valence-electron chi connectivity index (χ0n) is 1.62. The summed E-state index contributed by atoms with van der Waals surface area (Å²) in [6.07, 6.45) is 0. The largest absolute Gasteiger partial charge is 0 e. The molecule has 0 fully saturated rings. The molecule has 0 saturated heterocycles. The molecule has 5 heteroatoms. The molecule has 0 atom stereocenters. The molecule has 2 radical (unpaired) electrons. The summed E-state index contributed by atoms with van der Waals surface area (Å²) in [4.78, 5) is 0. The maximum absolute atomic E-state index is 0. The van der Waals surface area contributed by atoms with Gasteiger partial charge in [0.1, 0.15) is 0 Å². The molecule has 0 aromatic rings. The van der Waals surface area contributed by atoms with Crippen LogP contribution in [-0.2, 0) is 39.0 Å². The van der Waals surface area contributed by atoms with Crippen molar-refractivity contribution in [1.29, 1.82) is 0 Å². The summed E-state index contributed by atoms with van der Waals surface area (Å²) in [7, 11) is 0. The summed E-state index contributed by atoms with van der Waals surface area (Å²) >= 11 is 0. The average Bonchev–Trinajstić information content (AvgIpc) is 0. The van der Waals surface area contributed by atoms with Crippen molar-refractivity contribution in [2.75, 3.05) is 0 Å². The Hall–Kier alpha value is 5.06. The van der Waals surface area contributed by atoms with Crippen LogP contribution in [0.1, 0.15) is 0 Å². The van der Waals surface area contributed by atoms with Gasteiger partial charge < -0.3 is 0 Å². The molecular weight excluding hydrogens is 693 g/mol. The third-order valence-corrected chi connectivity index (χ3v) is 0. The van der Waals surface area contributed by atoms with Gasteiger partial charge in [-0.2, -0.15) is 0 Å². The van der Waals surface area contributed by atoms with Gasteiger partial charge in [-0.1, -0.05) is 0 Å². The first-order valence-corrected chi connectivity index (χ1v) is 0. The number of rotatable bonds is 0. The molecule has 0 rings (SSSR count). The van der Waals surface area contributed by atoms with Crippen LogP contribution in [0.15, 0.2) is 0 Å². The van der Waals surface area contributed by atoms with Crippen LogP contribution in [-0.4, -0.2) is 0 Å². The van der Waals surface area contributed by atoms with Gasteiger partial charge in [-0.15, -0.1) is 0 Å². The van der Waals surface area contributed by atoms with Crippen LogP contribution in [0.4, 0.5) is 0 Å². The summed E-state index contributed by atoms with van der Waals surface area (Å²) < 4.78 is 0. The van der Waals surface area contributed by atoms with E-state index < -0.39 is 0 Å². The van der Waals surface area contributed by atoms with Crippen molar-refractivity contribution in [2.45, 2.75) is 0 Å². The van der Waals surface area contributed by atoms with Gasteiger partial charge in [0.05, 0.1) is 0 Å². The first kappa shape index (κ1) is 32.2. The molecule has 0 aromatic carbocycles. The van der Waals surface area contributed by atoms with Gasteiger partial charge in [-0.25, -0.2) is 0 Å². The molecule has 0 aromatic heterocycles. The molecular formula is Dy3Rh2. The standard InChI is InChI=1S/3Dy.2Rh. The molecule has 0 amide bonds. The molecule has 0 aliphatic carbocycles. The first-order chi connectivity index (χ1) is 0. The maximum Gasteiger partial charge on any atom is 0 e. The Kier molecular flexibility index (Phi) is 148. The maximum atomic E-state index is 0. The van der Waals surface area contributed by atoms with Gasteiger partial charge in [0.25, 0.3) is 0 Å². The Labute approximate surface area is 149 Å². The quantitative estimate of drug-likeness (QED) is 0.314. The zero-order valence-corrected chi connectivity index (χ0v) is 11.0. The van der Waals surface area contributed by atoms with E-state index in [-0.39, 0.29) is 153 Å². The predicted octanol–water partition coefficient (Wildman–Crippen LogP) is -0.00500. The summed E-state index contributed by atoms with van der Waals surface area (Å²) in [5.74, 6) is 0. The zero-order chi connectivity index (χ0) is 0. The Morgan fingerprint density at radius 3 is 0.400 bits per heavy atom. The molecule has 0 spiro atoms. The molecule has 0 aliphatic rings. The van der Waals surface area contributed by atoms with E-state index in [4.69, 9.17) is 0 Å². The molecule has 0 heterocycles. The fourth-order valence-electron chi connectivity index (χ4n) is 0. The predicted molar refractivity (Wildman–Crippen MR) is 0 cm³/mol. The normalized spacial score (nSPS) is 0. The molecule has 0 N–H and O–H groups in total. The van der Waals surface area contributed by atoms with E-state index in [1.165, 1.54) is 0 Å². The first-order valence-electron chi connectivity index (χ1n) is 0. The minimum absolute atomic E-state index is 0. The van der Waals surface area contributed by atoms with Gasteiger partial charge in [-0.3, -0.25) is 0 Å². The SMILES string of the molecule is [Dy].[Dy].[Dy].[Rh].[Rh]. The summed E-state index contributed by atoms with van der Waals surface area (Å²) in [5.41, 5.74) is 0. The van der Waals surface area contributed by atoms with Crippen molar-refractivity contribution in [3.05, 3.63) is 0 Å². The smallest absolute Gasteiger partial charge is 0 e. The summed E-state index contributed by atoms with van der Waals surface area (Å²) in [5, 5.41) is 0. The van der Waals surface area contributed by atoms with Crippen molar-refractivity contribution in [2.24, 2.45) is 0 Å². The fourth-order valence-corrected chi connectivity index (χ4v) is 0. The van der Waals surface area contributed by atoms with E-state index in [9.17, 15) is 0 Å². The Morgan fingerprint density at radius 1 is 0.400 bits per heavy atom. The van der Waals surface area contributed by atoms with Crippen molar-refractivity contribution >= 4 is 0 Å². The fraction of sp³-hybridized carbons (Fsp3) is 0. The molecule has 0 unspecified atom stereocenters. The molecule has 0 nitrogen and oxygen atoms in total. The van der Waals surface area contributed by atoms with E-state index in [0.29, 0.717) is 0 Å². The van der Waals surface area contributed by atoms with Crippen LogP contribution >= 0.6 is 0 Å². The van der Waals surface area contributed by atoms with E-state index in [2.05, 4.69) is 0 Å². The Morgan fingerprint density at radius 2 is 0.400 bits per heavy atom. The second kappa shape index (κ2) is 23.0. The van der Waals surface area contributed by atoms with Crippen LogP contribution < -0.4 is 0 Å². The van der Waals surface area contributed by atoms with Crippen molar-refractivity contribution < 1.29 is 153 Å². The third-order valence-electron chi connectivity index (χ3n) is 0. The van der Waals surface area contributed by atoms with Gasteiger partial charge in [0.15, 0.2) is 0 Å². The van der Waals surface area contributed by atoms with Gasteiger partial charge in [-0.05, 0) is 0 Å². The molecule has 0 aliphatic heterocycles. The van der Waals surface area contributed by atoms with Crippen LogP contribution in [0.25, 0.3) is 0 Å². The minimum Gasteiger partial charge on any atom is 0 e. The molecule has 48 valence electrons. The average molecular weight is 693 g/mol. The van der Waals surface area contributed by atoms with Crippen molar-refractivity contribution in [3.63, 3.8) is 0 Å². The molecule has 5 heavy (non-hydrogen) atoms. The Bertz CT molecular complexity index is 4.85. The molecule has 0 saturated carbocycles. The number of hydrogen-bond acceptors (Lipinski definition) is 0. The van der Waals surface area contributed by atoms with E-state index in [1.807, 2.05) is 0 Å². The second-order valence-electron chi connectivity index (χ2n) is 0. The van der Waals surface area contributed by atoms with Crippen molar-refractivity contribution in [3.8, 4) is 0 Å². The second-order valence-corrected chi connectivity index (χ2v) is 0. The van der Waals surface area contributed by atoms with Gasteiger partial charge in [0, 0.05) is 153 Å². The van der Waals surface area contributed by atoms with Crippen LogP contribution in [0.3, 0.4) is 0 Å². The van der Waals surface area contributed by atoms with Gasteiger partial charge >= 0.3 is 0 Å². The van der Waals surface area contributed by atoms with Crippen LogP contribution in [0, 0.1) is 115 Å².